The lowest BCUT2D eigenvalue weighted by molar-refractivity contribution is -0.384. The molecular weight excluding hydrogens is 354 g/mol. The molecular formula is C15H14ClN3O2S2. The van der Waals surface area contributed by atoms with Crippen molar-refractivity contribution in [3.05, 3.63) is 55.2 Å². The quantitative estimate of drug-likeness (QED) is 0.476. The van der Waals surface area contributed by atoms with Crippen LogP contribution in [0.2, 0.25) is 5.02 Å². The van der Waals surface area contributed by atoms with E-state index >= 15 is 0 Å². The Bertz CT molecular complexity index is 778. The third kappa shape index (κ3) is 3.17. The summed E-state index contributed by atoms with van der Waals surface area (Å²) in [7, 11) is 0. The smallest absolute Gasteiger partial charge is 0.271 e. The number of rotatable bonds is 2. The zero-order valence-electron chi connectivity index (χ0n) is 12.3. The average Bonchev–Trinajstić information content (AvgIpc) is 2.99. The molecule has 0 fully saturated rings. The van der Waals surface area contributed by atoms with E-state index < -0.39 is 4.92 Å². The number of anilines is 1. The minimum atomic E-state index is -0.453. The number of halogens is 1. The van der Waals surface area contributed by atoms with Crippen LogP contribution in [0.15, 0.2) is 29.6 Å². The molecule has 0 saturated carbocycles. The molecule has 8 heteroatoms. The van der Waals surface area contributed by atoms with Crippen molar-refractivity contribution in [2.24, 2.45) is 0 Å². The van der Waals surface area contributed by atoms with E-state index in [1.54, 1.807) is 11.3 Å². The molecule has 0 saturated heterocycles. The Balaban J connectivity index is 1.80. The predicted molar refractivity (Wildman–Crippen MR) is 97.5 cm³/mol. The van der Waals surface area contributed by atoms with Crippen LogP contribution in [0.3, 0.4) is 0 Å². The van der Waals surface area contributed by atoms with Crippen LogP contribution in [0.5, 0.6) is 0 Å². The van der Waals surface area contributed by atoms with Crippen LogP contribution in [-0.4, -0.2) is 21.5 Å². The summed E-state index contributed by atoms with van der Waals surface area (Å²) in [5.74, 6) is 0. The van der Waals surface area contributed by atoms with Crippen LogP contribution < -0.4 is 5.32 Å². The first-order chi connectivity index (χ1) is 11.0. The molecule has 1 aliphatic rings. The number of thiophene rings is 1. The molecule has 5 nitrogen and oxygen atoms in total. The van der Waals surface area contributed by atoms with Gasteiger partial charge in [-0.05, 0) is 48.6 Å². The van der Waals surface area contributed by atoms with Crippen molar-refractivity contribution in [2.75, 3.05) is 11.9 Å². The number of fused-ring (bicyclic) bond motifs is 1. The number of hydrogen-bond acceptors (Lipinski definition) is 4. The lowest BCUT2D eigenvalue weighted by atomic mass is 10.0. The molecule has 1 aromatic heterocycles. The van der Waals surface area contributed by atoms with Gasteiger partial charge in [-0.2, -0.15) is 0 Å². The van der Waals surface area contributed by atoms with Crippen molar-refractivity contribution in [2.45, 2.75) is 19.4 Å². The maximum atomic E-state index is 10.9. The molecule has 1 atom stereocenters. The molecule has 2 heterocycles. The number of nitrogens with zero attached hydrogens (tertiary/aromatic N) is 2. The fourth-order valence-corrected chi connectivity index (χ4v) is 4.18. The van der Waals surface area contributed by atoms with Gasteiger partial charge in [0.15, 0.2) is 5.11 Å². The first-order valence-corrected chi connectivity index (χ1v) is 8.72. The van der Waals surface area contributed by atoms with Gasteiger partial charge in [-0.3, -0.25) is 10.1 Å². The average molecular weight is 368 g/mol. The Morgan fingerprint density at radius 3 is 3.04 bits per heavy atom. The highest BCUT2D eigenvalue weighted by Crippen LogP contribution is 2.34. The van der Waals surface area contributed by atoms with Crippen molar-refractivity contribution in [1.29, 1.82) is 0 Å². The van der Waals surface area contributed by atoms with Gasteiger partial charge in [0.2, 0.25) is 0 Å². The summed E-state index contributed by atoms with van der Waals surface area (Å²) in [4.78, 5) is 13.9. The monoisotopic (exact) mass is 367 g/mol. The van der Waals surface area contributed by atoms with Crippen LogP contribution in [0.4, 0.5) is 11.4 Å². The second-order valence-corrected chi connectivity index (χ2v) is 7.06. The van der Waals surface area contributed by atoms with Crippen molar-refractivity contribution in [1.82, 2.24) is 4.90 Å². The molecule has 1 N–H and O–H groups in total. The standard InChI is InChI=1S/C15H14ClN3O2S2/c1-9-11-5-7-23-14(11)4-6-18(9)15(22)17-13-8-10(19(20)21)2-3-12(13)16/h2-3,5,7-9H,4,6H2,1H3,(H,17,22)/t9-/m0/s1. The summed E-state index contributed by atoms with van der Waals surface area (Å²) in [5, 5.41) is 17.0. The van der Waals surface area contributed by atoms with Crippen LogP contribution >= 0.6 is 35.2 Å². The third-order valence-corrected chi connectivity index (χ3v) is 5.60. The van der Waals surface area contributed by atoms with Gasteiger partial charge in [-0.1, -0.05) is 11.6 Å². The summed E-state index contributed by atoms with van der Waals surface area (Å²) in [6.45, 7) is 2.92. The zero-order valence-corrected chi connectivity index (χ0v) is 14.7. The highest BCUT2D eigenvalue weighted by Gasteiger charge is 2.26. The van der Waals surface area contributed by atoms with Crippen molar-refractivity contribution in [3.63, 3.8) is 0 Å². The van der Waals surface area contributed by atoms with Crippen LogP contribution in [0.25, 0.3) is 0 Å². The zero-order chi connectivity index (χ0) is 16.6. The Hall–Kier alpha value is -1.70. The van der Waals surface area contributed by atoms with E-state index in [0.717, 1.165) is 13.0 Å². The van der Waals surface area contributed by atoms with Crippen molar-refractivity contribution < 1.29 is 4.92 Å². The van der Waals surface area contributed by atoms with Gasteiger partial charge in [0, 0.05) is 23.6 Å². The number of non-ortho nitro benzene ring substituents is 1. The largest absolute Gasteiger partial charge is 0.342 e. The normalized spacial score (nSPS) is 16.8. The summed E-state index contributed by atoms with van der Waals surface area (Å²) in [5.41, 5.74) is 1.72. The number of nitro groups is 1. The second kappa shape index (κ2) is 6.43. The number of nitro benzene ring substituents is 1. The van der Waals surface area contributed by atoms with Crippen molar-refractivity contribution in [3.8, 4) is 0 Å². The fourth-order valence-electron chi connectivity index (χ4n) is 2.70. The van der Waals surface area contributed by atoms with E-state index in [-0.39, 0.29) is 11.7 Å². The highest BCUT2D eigenvalue weighted by molar-refractivity contribution is 7.80. The maximum Gasteiger partial charge on any atom is 0.271 e. The van der Waals surface area contributed by atoms with E-state index in [4.69, 9.17) is 23.8 Å². The summed E-state index contributed by atoms with van der Waals surface area (Å²) < 4.78 is 0. The van der Waals surface area contributed by atoms with Gasteiger partial charge in [0.1, 0.15) is 0 Å². The molecule has 0 radical (unpaired) electrons. The summed E-state index contributed by atoms with van der Waals surface area (Å²) in [6.07, 6.45) is 0.946. The number of nitrogens with one attached hydrogen (secondary N) is 1. The predicted octanol–water partition coefficient (Wildman–Crippen LogP) is 4.63. The highest BCUT2D eigenvalue weighted by atomic mass is 35.5. The third-order valence-electron chi connectivity index (χ3n) is 3.94. The molecule has 0 amide bonds. The van der Waals surface area contributed by atoms with E-state index in [9.17, 15) is 10.1 Å². The molecule has 0 bridgehead atoms. The Labute approximate surface area is 148 Å². The molecule has 0 aliphatic carbocycles. The minimum Gasteiger partial charge on any atom is -0.342 e. The van der Waals surface area contributed by atoms with Gasteiger partial charge in [0.05, 0.1) is 21.7 Å². The molecule has 1 aromatic carbocycles. The molecule has 3 rings (SSSR count). The molecule has 1 aliphatic heterocycles. The van der Waals surface area contributed by atoms with E-state index in [0.29, 0.717) is 15.8 Å². The van der Waals surface area contributed by atoms with Crippen molar-refractivity contribution >= 4 is 51.6 Å². The first kappa shape index (κ1) is 16.2. The molecule has 0 spiro atoms. The molecule has 2 aromatic rings. The summed E-state index contributed by atoms with van der Waals surface area (Å²) in [6, 6.07) is 6.57. The SMILES string of the molecule is C[C@H]1c2ccsc2CCN1C(=S)Nc1cc([N+](=O)[O-])ccc1Cl. The van der Waals surface area contributed by atoms with Gasteiger partial charge in [-0.15, -0.1) is 11.3 Å². The van der Waals surface area contributed by atoms with Gasteiger partial charge in [0.25, 0.3) is 5.69 Å². The topological polar surface area (TPSA) is 58.4 Å². The van der Waals surface area contributed by atoms with Crippen LogP contribution in [0.1, 0.15) is 23.4 Å². The minimum absolute atomic E-state index is 0.0217. The fraction of sp³-hybridized carbons (Fsp3) is 0.267. The Morgan fingerprint density at radius 2 is 2.30 bits per heavy atom. The second-order valence-electron chi connectivity index (χ2n) is 5.27. The van der Waals surface area contributed by atoms with Gasteiger partial charge < -0.3 is 10.2 Å². The molecule has 120 valence electrons. The number of benzene rings is 1. The van der Waals surface area contributed by atoms with E-state index in [2.05, 4.69) is 28.6 Å². The summed E-state index contributed by atoms with van der Waals surface area (Å²) >= 11 is 13.4. The van der Waals surface area contributed by atoms with E-state index in [1.165, 1.54) is 28.6 Å². The Morgan fingerprint density at radius 1 is 1.52 bits per heavy atom. The number of hydrogen-bond donors (Lipinski definition) is 1. The Kier molecular flexibility index (Phi) is 4.52. The van der Waals surface area contributed by atoms with Gasteiger partial charge >= 0.3 is 0 Å². The lowest BCUT2D eigenvalue weighted by Gasteiger charge is -2.35. The molecule has 23 heavy (non-hydrogen) atoms. The van der Waals surface area contributed by atoms with Crippen LogP contribution in [-0.2, 0) is 6.42 Å². The van der Waals surface area contributed by atoms with Crippen LogP contribution in [0, 0.1) is 10.1 Å². The number of thiocarbonyl (C=S) groups is 1. The lowest BCUT2D eigenvalue weighted by Crippen LogP contribution is -2.40. The molecule has 0 unspecified atom stereocenters. The van der Waals surface area contributed by atoms with Gasteiger partial charge in [-0.25, -0.2) is 0 Å². The maximum absolute atomic E-state index is 10.9. The first-order valence-electron chi connectivity index (χ1n) is 7.05. The van der Waals surface area contributed by atoms with E-state index in [1.807, 2.05) is 0 Å².